The predicted molar refractivity (Wildman–Crippen MR) is 141 cm³/mol. The summed E-state index contributed by atoms with van der Waals surface area (Å²) in [5, 5.41) is 0. The Morgan fingerprint density at radius 1 is 1.00 bits per heavy atom. The number of benzene rings is 3. The van der Waals surface area contributed by atoms with Gasteiger partial charge in [-0.25, -0.2) is 9.37 Å². The molecule has 0 aliphatic carbocycles. The van der Waals surface area contributed by atoms with Gasteiger partial charge in [-0.15, -0.1) is 0 Å². The second-order valence-corrected chi connectivity index (χ2v) is 9.75. The lowest BCUT2D eigenvalue weighted by Crippen LogP contribution is -2.25. The molecule has 5 rings (SSSR count). The van der Waals surface area contributed by atoms with Crippen molar-refractivity contribution in [2.75, 3.05) is 18.1 Å². The molecule has 1 unspecified atom stereocenters. The van der Waals surface area contributed by atoms with Crippen molar-refractivity contribution in [1.29, 1.82) is 0 Å². The number of hydrogen-bond donors (Lipinski definition) is 0. The Kier molecular flexibility index (Phi) is 7.03. The maximum atomic E-state index is 14.4. The zero-order valence-corrected chi connectivity index (χ0v) is 20.9. The molecule has 0 N–H and O–H groups in total. The van der Waals surface area contributed by atoms with E-state index in [2.05, 4.69) is 36.6 Å². The number of aryl methyl sites for hydroxylation is 1. The van der Waals surface area contributed by atoms with Crippen LogP contribution < -0.4 is 9.64 Å². The van der Waals surface area contributed by atoms with Gasteiger partial charge in [-0.2, -0.15) is 0 Å². The molecule has 1 aliphatic rings. The van der Waals surface area contributed by atoms with Crippen LogP contribution in [0.5, 0.6) is 5.75 Å². The Hall–Kier alpha value is -3.67. The highest BCUT2D eigenvalue weighted by Crippen LogP contribution is 2.34. The SMILES string of the molecule is CC(C)c1ccc(OCCCCn2c(C3CC(=O)N(c4ccccc4F)C3)nc3ccccc32)cc1. The third kappa shape index (κ3) is 4.99. The number of aromatic nitrogens is 2. The third-order valence-corrected chi connectivity index (χ3v) is 6.91. The molecule has 36 heavy (non-hydrogen) atoms. The van der Waals surface area contributed by atoms with Crippen molar-refractivity contribution in [2.24, 2.45) is 0 Å². The monoisotopic (exact) mass is 485 g/mol. The molecule has 1 amide bonds. The molecule has 5 nitrogen and oxygen atoms in total. The Labute approximate surface area is 211 Å². The van der Waals surface area contributed by atoms with Crippen molar-refractivity contribution in [3.8, 4) is 5.75 Å². The number of unbranched alkanes of at least 4 members (excludes halogenated alkanes) is 1. The van der Waals surface area contributed by atoms with Gasteiger partial charge in [-0.05, 0) is 60.7 Å². The van der Waals surface area contributed by atoms with Crippen molar-refractivity contribution < 1.29 is 13.9 Å². The van der Waals surface area contributed by atoms with E-state index < -0.39 is 0 Å². The van der Waals surface area contributed by atoms with Crippen molar-refractivity contribution >= 4 is 22.6 Å². The number of ether oxygens (including phenoxy) is 1. The average Bonchev–Trinajstić information content (AvgIpc) is 3.45. The van der Waals surface area contributed by atoms with Crippen LogP contribution in [-0.4, -0.2) is 28.6 Å². The summed E-state index contributed by atoms with van der Waals surface area (Å²) in [6.07, 6.45) is 2.16. The minimum absolute atomic E-state index is 0.0689. The molecule has 1 aromatic heterocycles. The van der Waals surface area contributed by atoms with E-state index in [1.165, 1.54) is 11.6 Å². The summed E-state index contributed by atoms with van der Waals surface area (Å²) in [7, 11) is 0. The highest BCUT2D eigenvalue weighted by atomic mass is 19.1. The van der Waals surface area contributed by atoms with Gasteiger partial charge in [0.25, 0.3) is 0 Å². The Morgan fingerprint density at radius 2 is 1.75 bits per heavy atom. The molecular weight excluding hydrogens is 453 g/mol. The highest BCUT2D eigenvalue weighted by molar-refractivity contribution is 5.96. The Bertz CT molecular complexity index is 1350. The van der Waals surface area contributed by atoms with Gasteiger partial charge in [0.05, 0.1) is 23.3 Å². The molecule has 0 radical (unpaired) electrons. The van der Waals surface area contributed by atoms with Crippen LogP contribution in [0.3, 0.4) is 0 Å². The average molecular weight is 486 g/mol. The summed E-state index contributed by atoms with van der Waals surface area (Å²) in [4.78, 5) is 19.3. The van der Waals surface area contributed by atoms with E-state index in [1.54, 1.807) is 23.1 Å². The van der Waals surface area contributed by atoms with Crippen LogP contribution in [0.25, 0.3) is 11.0 Å². The minimum atomic E-state index is -0.376. The molecule has 1 aliphatic heterocycles. The fourth-order valence-corrected chi connectivity index (χ4v) is 4.94. The zero-order chi connectivity index (χ0) is 25.1. The summed E-state index contributed by atoms with van der Waals surface area (Å²) in [5.74, 6) is 1.77. The number of amides is 1. The summed E-state index contributed by atoms with van der Waals surface area (Å²) in [6.45, 7) is 6.23. The Balaban J connectivity index is 1.26. The topological polar surface area (TPSA) is 47.4 Å². The molecule has 0 spiro atoms. The third-order valence-electron chi connectivity index (χ3n) is 6.91. The van der Waals surface area contributed by atoms with Crippen LogP contribution in [0.1, 0.15) is 56.3 Å². The fourth-order valence-electron chi connectivity index (χ4n) is 4.94. The van der Waals surface area contributed by atoms with Gasteiger partial charge in [0.2, 0.25) is 5.91 Å². The maximum absolute atomic E-state index is 14.4. The molecule has 3 aromatic carbocycles. The number of nitrogens with zero attached hydrogens (tertiary/aromatic N) is 3. The smallest absolute Gasteiger partial charge is 0.227 e. The van der Waals surface area contributed by atoms with Gasteiger partial charge in [0.1, 0.15) is 17.4 Å². The van der Waals surface area contributed by atoms with Gasteiger partial charge in [0, 0.05) is 25.4 Å². The first-order valence-corrected chi connectivity index (χ1v) is 12.7. The molecule has 0 bridgehead atoms. The van der Waals surface area contributed by atoms with Crippen molar-refractivity contribution in [2.45, 2.75) is 51.5 Å². The number of para-hydroxylation sites is 3. The van der Waals surface area contributed by atoms with E-state index in [4.69, 9.17) is 9.72 Å². The van der Waals surface area contributed by atoms with Gasteiger partial charge < -0.3 is 14.2 Å². The first-order chi connectivity index (χ1) is 17.5. The lowest BCUT2D eigenvalue weighted by atomic mass is 10.0. The molecule has 1 fully saturated rings. The quantitative estimate of drug-likeness (QED) is 0.249. The number of imidazole rings is 1. The summed E-state index contributed by atoms with van der Waals surface area (Å²) in [5.41, 5.74) is 3.63. The second kappa shape index (κ2) is 10.5. The van der Waals surface area contributed by atoms with E-state index in [0.717, 1.165) is 42.0 Å². The van der Waals surface area contributed by atoms with Gasteiger partial charge in [-0.1, -0.05) is 50.2 Å². The standard InChI is InChI=1S/C30H32FN3O2/c1-21(2)22-13-15-24(16-14-22)36-18-8-7-17-33-28-12-6-4-10-26(28)32-30(33)23-19-29(35)34(20-23)27-11-5-3-9-25(27)31/h3-6,9-16,21,23H,7-8,17-20H2,1-2H3. The molecular formula is C30H32FN3O2. The summed E-state index contributed by atoms with van der Waals surface area (Å²) >= 11 is 0. The summed E-state index contributed by atoms with van der Waals surface area (Å²) in [6, 6.07) is 22.8. The van der Waals surface area contributed by atoms with E-state index in [0.29, 0.717) is 31.2 Å². The first kappa shape index (κ1) is 24.0. The van der Waals surface area contributed by atoms with Crippen LogP contribution >= 0.6 is 0 Å². The molecule has 1 atom stereocenters. The first-order valence-electron chi connectivity index (χ1n) is 12.7. The van der Waals surface area contributed by atoms with E-state index in [1.807, 2.05) is 30.3 Å². The number of anilines is 1. The number of halogens is 1. The Morgan fingerprint density at radius 3 is 2.53 bits per heavy atom. The normalized spacial score (nSPS) is 15.8. The number of carbonyl (C=O) groups is 1. The van der Waals surface area contributed by atoms with Crippen LogP contribution in [0, 0.1) is 5.82 Å². The van der Waals surface area contributed by atoms with Crippen LogP contribution in [0.15, 0.2) is 72.8 Å². The molecule has 6 heteroatoms. The van der Waals surface area contributed by atoms with Crippen LogP contribution in [-0.2, 0) is 11.3 Å². The van der Waals surface area contributed by atoms with Gasteiger partial charge in [0.15, 0.2) is 0 Å². The van der Waals surface area contributed by atoms with Gasteiger partial charge in [-0.3, -0.25) is 4.79 Å². The lowest BCUT2D eigenvalue weighted by molar-refractivity contribution is -0.117. The predicted octanol–water partition coefficient (Wildman–Crippen LogP) is 6.68. The summed E-state index contributed by atoms with van der Waals surface area (Å²) < 4.78 is 22.6. The fraction of sp³-hybridized carbons (Fsp3) is 0.333. The molecule has 1 saturated heterocycles. The highest BCUT2D eigenvalue weighted by Gasteiger charge is 2.35. The molecule has 4 aromatic rings. The maximum Gasteiger partial charge on any atom is 0.227 e. The molecule has 186 valence electrons. The lowest BCUT2D eigenvalue weighted by Gasteiger charge is -2.18. The van der Waals surface area contributed by atoms with Crippen molar-refractivity contribution in [1.82, 2.24) is 9.55 Å². The van der Waals surface area contributed by atoms with Crippen LogP contribution in [0.2, 0.25) is 0 Å². The van der Waals surface area contributed by atoms with E-state index >= 15 is 0 Å². The van der Waals surface area contributed by atoms with Crippen molar-refractivity contribution in [3.63, 3.8) is 0 Å². The zero-order valence-electron chi connectivity index (χ0n) is 20.9. The van der Waals surface area contributed by atoms with Crippen LogP contribution in [0.4, 0.5) is 10.1 Å². The van der Waals surface area contributed by atoms with Crippen molar-refractivity contribution in [3.05, 3.63) is 90.0 Å². The minimum Gasteiger partial charge on any atom is -0.494 e. The second-order valence-electron chi connectivity index (χ2n) is 9.75. The number of rotatable bonds is 9. The van der Waals surface area contributed by atoms with E-state index in [-0.39, 0.29) is 17.6 Å². The van der Waals surface area contributed by atoms with E-state index in [9.17, 15) is 9.18 Å². The number of carbonyl (C=O) groups excluding carboxylic acids is 1. The number of fused-ring (bicyclic) bond motifs is 1. The molecule has 0 saturated carbocycles. The number of hydrogen-bond acceptors (Lipinski definition) is 3. The molecule has 2 heterocycles. The largest absolute Gasteiger partial charge is 0.494 e. The van der Waals surface area contributed by atoms with Gasteiger partial charge >= 0.3 is 0 Å².